The van der Waals surface area contributed by atoms with Gasteiger partial charge in [0, 0.05) is 32.2 Å². The number of hydrogen-bond acceptors (Lipinski definition) is 8. The van der Waals surface area contributed by atoms with Gasteiger partial charge in [0.1, 0.15) is 11.9 Å². The minimum Gasteiger partial charge on any atom is -0.460 e. The number of phosphoric acid groups is 1. The zero-order valence-electron chi connectivity index (χ0n) is 35.8. The highest BCUT2D eigenvalue weighted by Crippen LogP contribution is 2.43. The summed E-state index contributed by atoms with van der Waals surface area (Å²) in [6.45, 7) is 4.60. The third-order valence-corrected chi connectivity index (χ3v) is 11.3. The molecule has 0 aliphatic rings. The van der Waals surface area contributed by atoms with Crippen molar-refractivity contribution in [2.75, 3.05) is 26.3 Å². The highest BCUT2D eigenvalue weighted by molar-refractivity contribution is 7.47. The normalized spacial score (nSPS) is 13.1. The molecule has 0 saturated heterocycles. The fourth-order valence-electron chi connectivity index (χ4n) is 6.76. The first-order valence-corrected chi connectivity index (χ1v) is 24.5. The Morgan fingerprint density at radius 3 is 1.45 bits per heavy atom. The molecule has 0 bridgehead atoms. The van der Waals surface area contributed by atoms with Crippen molar-refractivity contribution in [2.24, 2.45) is 5.73 Å². The number of amides is 1. The van der Waals surface area contributed by atoms with Crippen LogP contribution in [0.1, 0.15) is 232 Å². The molecule has 10 nitrogen and oxygen atoms in total. The van der Waals surface area contributed by atoms with Crippen molar-refractivity contribution in [3.05, 3.63) is 0 Å². The SMILES string of the molecule is CCCCCCCCCCCCCCCC(=O)CC[C@@H](COP(=O)(O)OCCNC(=O)CCCCCN)OC(=O)CCCCCCCCCCCCCCC. The van der Waals surface area contributed by atoms with Gasteiger partial charge in [-0.05, 0) is 38.6 Å². The second-order valence-electron chi connectivity index (χ2n) is 15.7. The number of carbonyl (C=O) groups excluding carboxylic acids is 3. The molecule has 0 aromatic heterocycles. The molecule has 0 saturated carbocycles. The van der Waals surface area contributed by atoms with Crippen molar-refractivity contribution in [1.29, 1.82) is 0 Å². The van der Waals surface area contributed by atoms with Crippen LogP contribution in [0.25, 0.3) is 0 Å². The second-order valence-corrected chi connectivity index (χ2v) is 17.2. The van der Waals surface area contributed by atoms with E-state index in [0.717, 1.165) is 57.8 Å². The first-order chi connectivity index (χ1) is 26.7. The van der Waals surface area contributed by atoms with Crippen LogP contribution in [0, 0.1) is 0 Å². The van der Waals surface area contributed by atoms with Gasteiger partial charge in [0.25, 0.3) is 0 Å². The molecule has 0 spiro atoms. The Bertz CT molecular complexity index is 937. The average Bonchev–Trinajstić information content (AvgIpc) is 3.16. The Morgan fingerprint density at radius 1 is 0.564 bits per heavy atom. The number of Topliss-reactive ketones (excluding diaryl/α,β-unsaturated/α-hetero) is 1. The molecule has 0 aliphatic carbocycles. The average molecular weight is 803 g/mol. The molecule has 0 heterocycles. The molecule has 0 aromatic carbocycles. The number of nitrogens with two attached hydrogens (primary N) is 1. The van der Waals surface area contributed by atoms with Gasteiger partial charge in [-0.1, -0.05) is 174 Å². The molecule has 0 rings (SSSR count). The highest BCUT2D eigenvalue weighted by Gasteiger charge is 2.25. The quantitative estimate of drug-likeness (QED) is 0.0310. The monoisotopic (exact) mass is 803 g/mol. The Balaban J connectivity index is 4.49. The molecule has 0 aromatic rings. The maximum absolute atomic E-state index is 12.7. The fraction of sp³-hybridized carbons (Fsp3) is 0.932. The lowest BCUT2D eigenvalue weighted by molar-refractivity contribution is -0.152. The van der Waals surface area contributed by atoms with Crippen LogP contribution in [0.4, 0.5) is 0 Å². The summed E-state index contributed by atoms with van der Waals surface area (Å²) in [6.07, 6.45) is 35.2. The third-order valence-electron chi connectivity index (χ3n) is 10.3. The third kappa shape index (κ3) is 40.7. The van der Waals surface area contributed by atoms with Crippen LogP contribution in [0.3, 0.4) is 0 Å². The van der Waals surface area contributed by atoms with Crippen LogP contribution in [-0.2, 0) is 32.7 Å². The first kappa shape index (κ1) is 53.7. The predicted octanol–water partition coefficient (Wildman–Crippen LogP) is 12.0. The summed E-state index contributed by atoms with van der Waals surface area (Å²) in [5.41, 5.74) is 5.48. The number of rotatable bonds is 44. The van der Waals surface area contributed by atoms with Crippen LogP contribution in [0.15, 0.2) is 0 Å². The maximum atomic E-state index is 12.7. The molecule has 0 fully saturated rings. The summed E-state index contributed by atoms with van der Waals surface area (Å²) in [6, 6.07) is 0. The van der Waals surface area contributed by atoms with Gasteiger partial charge in [-0.3, -0.25) is 23.4 Å². The number of phosphoric ester groups is 1. The van der Waals surface area contributed by atoms with Crippen LogP contribution in [0.2, 0.25) is 0 Å². The zero-order chi connectivity index (χ0) is 40.5. The van der Waals surface area contributed by atoms with E-state index in [4.69, 9.17) is 19.5 Å². The predicted molar refractivity (Wildman–Crippen MR) is 227 cm³/mol. The zero-order valence-corrected chi connectivity index (χ0v) is 36.7. The minimum absolute atomic E-state index is 0.0644. The number of carbonyl (C=O) groups is 3. The van der Waals surface area contributed by atoms with Gasteiger partial charge in [-0.25, -0.2) is 4.57 Å². The largest absolute Gasteiger partial charge is 0.472 e. The number of unbranched alkanes of at least 4 members (excludes halogenated alkanes) is 26. The van der Waals surface area contributed by atoms with Crippen molar-refractivity contribution in [1.82, 2.24) is 5.32 Å². The van der Waals surface area contributed by atoms with Gasteiger partial charge >= 0.3 is 13.8 Å². The minimum atomic E-state index is -4.46. The van der Waals surface area contributed by atoms with Gasteiger partial charge in [-0.2, -0.15) is 0 Å². The van der Waals surface area contributed by atoms with E-state index >= 15 is 0 Å². The van der Waals surface area contributed by atoms with Crippen molar-refractivity contribution in [3.63, 3.8) is 0 Å². The van der Waals surface area contributed by atoms with E-state index in [1.807, 2.05) is 0 Å². The summed E-state index contributed by atoms with van der Waals surface area (Å²) in [5, 5.41) is 2.66. The Morgan fingerprint density at radius 2 is 0.982 bits per heavy atom. The summed E-state index contributed by atoms with van der Waals surface area (Å²) < 4.78 is 28.5. The fourth-order valence-corrected chi connectivity index (χ4v) is 7.51. The molecule has 1 amide bonds. The van der Waals surface area contributed by atoms with Crippen LogP contribution >= 0.6 is 7.82 Å². The lowest BCUT2D eigenvalue weighted by atomic mass is 10.0. The number of nitrogens with one attached hydrogen (secondary N) is 1. The van der Waals surface area contributed by atoms with Gasteiger partial charge in [0.05, 0.1) is 13.2 Å². The van der Waals surface area contributed by atoms with Crippen molar-refractivity contribution in [2.45, 2.75) is 238 Å². The smallest absolute Gasteiger partial charge is 0.460 e. The first-order valence-electron chi connectivity index (χ1n) is 23.0. The van der Waals surface area contributed by atoms with Crippen LogP contribution in [0.5, 0.6) is 0 Å². The van der Waals surface area contributed by atoms with Crippen molar-refractivity contribution in [3.8, 4) is 0 Å². The van der Waals surface area contributed by atoms with Gasteiger partial charge in [0.2, 0.25) is 5.91 Å². The Hall–Kier alpha value is -1.32. The van der Waals surface area contributed by atoms with Gasteiger partial charge < -0.3 is 20.7 Å². The van der Waals surface area contributed by atoms with E-state index < -0.39 is 13.9 Å². The number of ether oxygens (including phenoxy) is 1. The molecule has 0 aliphatic heterocycles. The van der Waals surface area contributed by atoms with E-state index in [2.05, 4.69) is 19.2 Å². The molecule has 326 valence electrons. The summed E-state index contributed by atoms with van der Waals surface area (Å²) in [5.74, 6) is -0.445. The van der Waals surface area contributed by atoms with E-state index in [1.165, 1.54) is 128 Å². The van der Waals surface area contributed by atoms with Crippen molar-refractivity contribution >= 4 is 25.5 Å². The lowest BCUT2D eigenvalue weighted by Gasteiger charge is -2.20. The van der Waals surface area contributed by atoms with Crippen LogP contribution in [-0.4, -0.2) is 55.0 Å². The molecule has 1 unspecified atom stereocenters. The molecule has 55 heavy (non-hydrogen) atoms. The summed E-state index contributed by atoms with van der Waals surface area (Å²) in [4.78, 5) is 47.6. The number of ketones is 1. The topological polar surface area (TPSA) is 154 Å². The van der Waals surface area contributed by atoms with Gasteiger partial charge in [0.15, 0.2) is 0 Å². The number of esters is 1. The summed E-state index contributed by atoms with van der Waals surface area (Å²) >= 11 is 0. The molecular formula is C44H87N2O8P. The standard InChI is InChI=1S/C44H87N2O8P/c1-3-5-7-9-11-13-15-17-19-21-23-25-28-32-41(47)35-36-42(40-53-55(50,51)52-39-38-46-43(48)33-29-27-31-37-45)54-44(49)34-30-26-24-22-20-18-16-14-12-10-8-6-4-2/h42H,3-40,45H2,1-2H3,(H,46,48)(H,50,51)/t42-/m0/s1. The summed E-state index contributed by atoms with van der Waals surface area (Å²) in [7, 11) is -4.46. The molecule has 0 radical (unpaired) electrons. The van der Waals surface area contributed by atoms with Crippen LogP contribution < -0.4 is 11.1 Å². The Labute approximate surface area is 337 Å². The highest BCUT2D eigenvalue weighted by atomic mass is 31.2. The molecular weight excluding hydrogens is 715 g/mol. The Kier molecular flexibility index (Phi) is 39.9. The number of hydrogen-bond donors (Lipinski definition) is 3. The molecule has 2 atom stereocenters. The lowest BCUT2D eigenvalue weighted by Crippen LogP contribution is -2.27. The molecule has 11 heteroatoms. The molecule has 4 N–H and O–H groups in total. The maximum Gasteiger partial charge on any atom is 0.472 e. The van der Waals surface area contributed by atoms with E-state index in [-0.39, 0.29) is 56.7 Å². The second kappa shape index (κ2) is 40.9. The van der Waals surface area contributed by atoms with Gasteiger partial charge in [-0.15, -0.1) is 0 Å². The van der Waals surface area contributed by atoms with E-state index in [1.54, 1.807) is 0 Å². The van der Waals surface area contributed by atoms with Crippen molar-refractivity contribution < 1.29 is 37.6 Å². The van der Waals surface area contributed by atoms with E-state index in [9.17, 15) is 23.8 Å². The van der Waals surface area contributed by atoms with E-state index in [0.29, 0.717) is 19.4 Å².